The number of aryl methyl sites for hydroxylation is 3. The van der Waals surface area contributed by atoms with Gasteiger partial charge in [0.15, 0.2) is 5.96 Å². The van der Waals surface area contributed by atoms with Crippen molar-refractivity contribution >= 4 is 41.3 Å². The van der Waals surface area contributed by atoms with Gasteiger partial charge in [-0.25, -0.2) is 4.99 Å². The number of thiophene rings is 1. The summed E-state index contributed by atoms with van der Waals surface area (Å²) in [6.45, 7) is 11.5. The highest BCUT2D eigenvalue weighted by molar-refractivity contribution is 14.0. The minimum absolute atomic E-state index is 0. The summed E-state index contributed by atoms with van der Waals surface area (Å²) in [5, 5.41) is 17.3. The first-order valence-electron chi connectivity index (χ1n) is 8.75. The zero-order chi connectivity index (χ0) is 18.4. The summed E-state index contributed by atoms with van der Waals surface area (Å²) in [6.07, 6.45) is 1.05. The Hall–Kier alpha value is -1.06. The van der Waals surface area contributed by atoms with Gasteiger partial charge in [-0.3, -0.25) is 0 Å². The molecular weight excluding hydrogens is 461 g/mol. The van der Waals surface area contributed by atoms with Gasteiger partial charge >= 0.3 is 0 Å². The standard InChI is InChI=1S/C19H29N3O2S.HI/c1-6-15-8-9-16(25-15)11-21-18(20-7-2)22-12-19(5,23)17-10-13(3)24-14(17)4;/h8-10,23H,6-7,11-12H2,1-5H3,(H2,20,21,22);1H. The van der Waals surface area contributed by atoms with Gasteiger partial charge in [0.05, 0.1) is 13.1 Å². The summed E-state index contributed by atoms with van der Waals surface area (Å²) in [7, 11) is 0. The fraction of sp³-hybridized carbons (Fsp3) is 0.526. The van der Waals surface area contributed by atoms with Crippen molar-refractivity contribution in [2.45, 2.75) is 53.2 Å². The fourth-order valence-electron chi connectivity index (χ4n) is 2.71. The quantitative estimate of drug-likeness (QED) is 0.310. The van der Waals surface area contributed by atoms with Crippen LogP contribution in [0.15, 0.2) is 27.6 Å². The van der Waals surface area contributed by atoms with Gasteiger partial charge in [0.2, 0.25) is 0 Å². The van der Waals surface area contributed by atoms with Crippen molar-refractivity contribution in [3.8, 4) is 0 Å². The first kappa shape index (κ1) is 23.0. The monoisotopic (exact) mass is 491 g/mol. The van der Waals surface area contributed by atoms with E-state index in [-0.39, 0.29) is 24.0 Å². The van der Waals surface area contributed by atoms with Crippen LogP contribution in [0.3, 0.4) is 0 Å². The largest absolute Gasteiger partial charge is 0.466 e. The van der Waals surface area contributed by atoms with Crippen molar-refractivity contribution in [3.05, 3.63) is 45.0 Å². The lowest BCUT2D eigenvalue weighted by Gasteiger charge is -2.24. The Bertz CT molecular complexity index is 722. The van der Waals surface area contributed by atoms with Crippen molar-refractivity contribution in [1.82, 2.24) is 10.6 Å². The van der Waals surface area contributed by atoms with Crippen molar-refractivity contribution in [1.29, 1.82) is 0 Å². The molecular formula is C19H30IN3O2S. The van der Waals surface area contributed by atoms with E-state index in [0.29, 0.717) is 19.0 Å². The molecule has 7 heteroatoms. The molecule has 2 heterocycles. The molecule has 1 atom stereocenters. The summed E-state index contributed by atoms with van der Waals surface area (Å²) in [4.78, 5) is 7.24. The van der Waals surface area contributed by atoms with Crippen LogP contribution in [-0.2, 0) is 18.6 Å². The van der Waals surface area contributed by atoms with Crippen LogP contribution in [0.25, 0.3) is 0 Å². The number of halogens is 1. The predicted molar refractivity (Wildman–Crippen MR) is 120 cm³/mol. The minimum Gasteiger partial charge on any atom is -0.466 e. The van der Waals surface area contributed by atoms with Gasteiger partial charge in [-0.2, -0.15) is 0 Å². The summed E-state index contributed by atoms with van der Waals surface area (Å²) < 4.78 is 5.54. The van der Waals surface area contributed by atoms with Crippen molar-refractivity contribution in [2.24, 2.45) is 4.99 Å². The average molecular weight is 491 g/mol. The zero-order valence-electron chi connectivity index (χ0n) is 16.2. The number of aliphatic imine (C=N–C) groups is 1. The maximum absolute atomic E-state index is 10.8. The lowest BCUT2D eigenvalue weighted by Crippen LogP contribution is -2.44. The molecule has 0 aliphatic rings. The molecule has 3 N–H and O–H groups in total. The highest BCUT2D eigenvalue weighted by atomic mass is 127. The maximum Gasteiger partial charge on any atom is 0.191 e. The van der Waals surface area contributed by atoms with Crippen LogP contribution in [0.5, 0.6) is 0 Å². The Labute approximate surface area is 177 Å². The van der Waals surface area contributed by atoms with Crippen LogP contribution < -0.4 is 10.6 Å². The zero-order valence-corrected chi connectivity index (χ0v) is 19.3. The lowest BCUT2D eigenvalue weighted by molar-refractivity contribution is 0.0601. The van der Waals surface area contributed by atoms with E-state index < -0.39 is 5.60 Å². The van der Waals surface area contributed by atoms with Crippen LogP contribution in [0, 0.1) is 13.8 Å². The number of hydrogen-bond acceptors (Lipinski definition) is 4. The van der Waals surface area contributed by atoms with E-state index in [2.05, 4.69) is 34.7 Å². The molecule has 0 aliphatic carbocycles. The first-order valence-corrected chi connectivity index (χ1v) is 9.57. The van der Waals surface area contributed by atoms with Gasteiger partial charge in [0.25, 0.3) is 0 Å². The molecule has 0 amide bonds. The van der Waals surface area contributed by atoms with Crippen LogP contribution in [0.4, 0.5) is 0 Å². The Morgan fingerprint density at radius 3 is 2.46 bits per heavy atom. The second kappa shape index (κ2) is 10.3. The Morgan fingerprint density at radius 1 is 1.23 bits per heavy atom. The molecule has 0 bridgehead atoms. The molecule has 26 heavy (non-hydrogen) atoms. The minimum atomic E-state index is -1.03. The normalized spacial score (nSPS) is 13.8. The number of nitrogens with one attached hydrogen (secondary N) is 2. The second-order valence-corrected chi connectivity index (χ2v) is 7.62. The third kappa shape index (κ3) is 6.28. The Morgan fingerprint density at radius 2 is 1.92 bits per heavy atom. The van der Waals surface area contributed by atoms with E-state index in [1.54, 1.807) is 18.3 Å². The molecule has 0 saturated heterocycles. The second-order valence-electron chi connectivity index (χ2n) is 6.37. The smallest absolute Gasteiger partial charge is 0.191 e. The molecule has 0 fully saturated rings. The molecule has 0 saturated carbocycles. The molecule has 2 rings (SSSR count). The molecule has 5 nitrogen and oxygen atoms in total. The number of furan rings is 1. The van der Waals surface area contributed by atoms with Gasteiger partial charge in [-0.05, 0) is 52.3 Å². The van der Waals surface area contributed by atoms with E-state index in [1.807, 2.05) is 26.8 Å². The predicted octanol–water partition coefficient (Wildman–Crippen LogP) is 4.10. The molecule has 146 valence electrons. The molecule has 0 aromatic carbocycles. The number of guanidine groups is 1. The molecule has 0 spiro atoms. The third-order valence-electron chi connectivity index (χ3n) is 4.02. The SMILES string of the molecule is CCNC(=NCc1ccc(CC)s1)NCC(C)(O)c1cc(C)oc1C.I. The van der Waals surface area contributed by atoms with Gasteiger partial charge in [-0.15, -0.1) is 35.3 Å². The number of hydrogen-bond donors (Lipinski definition) is 3. The average Bonchev–Trinajstić information content (AvgIpc) is 3.16. The van der Waals surface area contributed by atoms with E-state index in [0.717, 1.165) is 30.0 Å². The maximum atomic E-state index is 10.8. The third-order valence-corrected chi connectivity index (χ3v) is 5.24. The van der Waals surface area contributed by atoms with E-state index in [1.165, 1.54) is 9.75 Å². The summed E-state index contributed by atoms with van der Waals surface area (Å²) >= 11 is 1.79. The van der Waals surface area contributed by atoms with Crippen LogP contribution in [0.1, 0.15) is 47.6 Å². The molecule has 2 aromatic heterocycles. The number of aliphatic hydroxyl groups is 1. The molecule has 2 aromatic rings. The topological polar surface area (TPSA) is 69.8 Å². The summed E-state index contributed by atoms with van der Waals surface area (Å²) in [5.41, 5.74) is -0.227. The number of rotatable bonds is 7. The van der Waals surface area contributed by atoms with Gasteiger partial charge in [-0.1, -0.05) is 6.92 Å². The van der Waals surface area contributed by atoms with Gasteiger partial charge < -0.3 is 20.2 Å². The fourth-order valence-corrected chi connectivity index (χ4v) is 3.59. The summed E-state index contributed by atoms with van der Waals surface area (Å²) in [6, 6.07) is 6.17. The number of nitrogens with zero attached hydrogens (tertiary/aromatic N) is 1. The Balaban J connectivity index is 0.00000338. The van der Waals surface area contributed by atoms with Crippen LogP contribution >= 0.6 is 35.3 Å². The first-order chi connectivity index (χ1) is 11.9. The van der Waals surface area contributed by atoms with E-state index >= 15 is 0 Å². The molecule has 1 unspecified atom stereocenters. The van der Waals surface area contributed by atoms with Crippen molar-refractivity contribution in [2.75, 3.05) is 13.1 Å². The van der Waals surface area contributed by atoms with Crippen LogP contribution in [-0.4, -0.2) is 24.2 Å². The highest BCUT2D eigenvalue weighted by Crippen LogP contribution is 2.26. The summed E-state index contributed by atoms with van der Waals surface area (Å²) in [5.74, 6) is 2.25. The van der Waals surface area contributed by atoms with Crippen LogP contribution in [0.2, 0.25) is 0 Å². The molecule has 0 aliphatic heterocycles. The Kier molecular flexibility index (Phi) is 9.12. The van der Waals surface area contributed by atoms with E-state index in [4.69, 9.17) is 4.42 Å². The van der Waals surface area contributed by atoms with Crippen molar-refractivity contribution in [3.63, 3.8) is 0 Å². The van der Waals surface area contributed by atoms with Gasteiger partial charge in [0.1, 0.15) is 17.1 Å². The van der Waals surface area contributed by atoms with E-state index in [9.17, 15) is 5.11 Å². The van der Waals surface area contributed by atoms with Crippen molar-refractivity contribution < 1.29 is 9.52 Å². The highest BCUT2D eigenvalue weighted by Gasteiger charge is 2.27. The molecule has 0 radical (unpaired) electrons. The lowest BCUT2D eigenvalue weighted by atomic mass is 9.96. The van der Waals surface area contributed by atoms with Gasteiger partial charge in [0, 0.05) is 21.9 Å².